The third kappa shape index (κ3) is 3.47. The lowest BCUT2D eigenvalue weighted by molar-refractivity contribution is 0.612. The van der Waals surface area contributed by atoms with Crippen LogP contribution in [0, 0.1) is 5.92 Å². The van der Waals surface area contributed by atoms with Crippen LogP contribution in [0.25, 0.3) is 0 Å². The second-order valence-corrected chi connectivity index (χ2v) is 4.32. The highest BCUT2D eigenvalue weighted by atomic mass is 35.5. The van der Waals surface area contributed by atoms with E-state index in [1.165, 1.54) is 0 Å². The molecule has 0 radical (unpaired) electrons. The largest absolute Gasteiger partial charge is 0.354 e. The zero-order chi connectivity index (χ0) is 11.4. The van der Waals surface area contributed by atoms with Crippen LogP contribution in [0.5, 0.6) is 0 Å². The average Bonchev–Trinajstić information content (AvgIpc) is 2.18. The average molecular weight is 249 g/mol. The van der Waals surface area contributed by atoms with Gasteiger partial charge in [0.15, 0.2) is 11.0 Å². The van der Waals surface area contributed by atoms with Crippen molar-refractivity contribution >= 4 is 29.0 Å². The quantitative estimate of drug-likeness (QED) is 0.822. The van der Waals surface area contributed by atoms with Gasteiger partial charge in [0.2, 0.25) is 5.28 Å². The second-order valence-electron chi connectivity index (χ2n) is 3.63. The number of halogens is 2. The Labute approximate surface area is 99.6 Å². The van der Waals surface area contributed by atoms with Crippen molar-refractivity contribution in [1.82, 2.24) is 15.2 Å². The molecule has 4 nitrogen and oxygen atoms in total. The fourth-order valence-electron chi connectivity index (χ4n) is 1.29. The van der Waals surface area contributed by atoms with Gasteiger partial charge < -0.3 is 4.90 Å². The van der Waals surface area contributed by atoms with Crippen LogP contribution in [-0.2, 0) is 0 Å². The molecule has 0 aliphatic carbocycles. The third-order valence-corrected chi connectivity index (χ3v) is 2.27. The Bertz CT molecular complexity index is 330. The Balaban J connectivity index is 2.95. The Morgan fingerprint density at radius 3 is 2.47 bits per heavy atom. The maximum Gasteiger partial charge on any atom is 0.245 e. The molecule has 0 saturated heterocycles. The summed E-state index contributed by atoms with van der Waals surface area (Å²) in [5.74, 6) is 1.13. The lowest BCUT2D eigenvalue weighted by atomic mass is 10.2. The minimum absolute atomic E-state index is 0.122. The smallest absolute Gasteiger partial charge is 0.245 e. The Hall–Kier alpha value is -0.610. The summed E-state index contributed by atoms with van der Waals surface area (Å²) in [5.41, 5.74) is 0. The molecular formula is C9H14Cl2N4. The van der Waals surface area contributed by atoms with E-state index in [1.807, 2.05) is 11.8 Å². The van der Waals surface area contributed by atoms with E-state index >= 15 is 0 Å². The van der Waals surface area contributed by atoms with E-state index in [2.05, 4.69) is 29.0 Å². The van der Waals surface area contributed by atoms with Gasteiger partial charge in [-0.25, -0.2) is 0 Å². The molecular weight excluding hydrogens is 235 g/mol. The van der Waals surface area contributed by atoms with Crippen molar-refractivity contribution in [2.24, 2.45) is 5.92 Å². The van der Waals surface area contributed by atoms with Crippen molar-refractivity contribution < 1.29 is 0 Å². The van der Waals surface area contributed by atoms with E-state index < -0.39 is 0 Å². The lowest BCUT2D eigenvalue weighted by Crippen LogP contribution is -2.28. The topological polar surface area (TPSA) is 41.9 Å². The van der Waals surface area contributed by atoms with Crippen LogP contribution in [0.4, 0.5) is 5.82 Å². The molecule has 1 rings (SSSR count). The van der Waals surface area contributed by atoms with E-state index in [9.17, 15) is 0 Å². The molecule has 0 aliphatic rings. The highest BCUT2D eigenvalue weighted by Gasteiger charge is 2.14. The highest BCUT2D eigenvalue weighted by Crippen LogP contribution is 2.21. The molecule has 1 aromatic rings. The van der Waals surface area contributed by atoms with Crippen molar-refractivity contribution in [2.75, 3.05) is 18.0 Å². The maximum absolute atomic E-state index is 5.92. The van der Waals surface area contributed by atoms with Gasteiger partial charge in [0.05, 0.1) is 0 Å². The molecule has 1 aromatic heterocycles. The molecule has 1 heterocycles. The van der Waals surface area contributed by atoms with E-state index in [1.54, 1.807) is 0 Å². The molecule has 15 heavy (non-hydrogen) atoms. The summed E-state index contributed by atoms with van der Waals surface area (Å²) in [7, 11) is 0. The van der Waals surface area contributed by atoms with E-state index in [0.717, 1.165) is 13.1 Å². The predicted octanol–water partition coefficient (Wildman–Crippen LogP) is 2.66. The van der Waals surface area contributed by atoms with Crippen LogP contribution < -0.4 is 4.90 Å². The monoisotopic (exact) mass is 248 g/mol. The summed E-state index contributed by atoms with van der Waals surface area (Å²) >= 11 is 11.6. The summed E-state index contributed by atoms with van der Waals surface area (Å²) in [5, 5.41) is 7.73. The molecule has 0 aromatic carbocycles. The van der Waals surface area contributed by atoms with Gasteiger partial charge in [0.25, 0.3) is 0 Å². The van der Waals surface area contributed by atoms with Gasteiger partial charge in [0.1, 0.15) is 0 Å². The van der Waals surface area contributed by atoms with Crippen molar-refractivity contribution in [2.45, 2.75) is 20.8 Å². The van der Waals surface area contributed by atoms with Crippen LogP contribution in [0.2, 0.25) is 10.4 Å². The first kappa shape index (κ1) is 12.5. The Kier molecular flexibility index (Phi) is 4.54. The summed E-state index contributed by atoms with van der Waals surface area (Å²) in [6, 6.07) is 0. The number of nitrogens with zero attached hydrogens (tertiary/aromatic N) is 4. The first-order valence-electron chi connectivity index (χ1n) is 4.85. The van der Waals surface area contributed by atoms with Crippen molar-refractivity contribution in [3.8, 4) is 0 Å². The molecule has 0 unspecified atom stereocenters. The van der Waals surface area contributed by atoms with Gasteiger partial charge in [-0.3, -0.25) is 0 Å². The number of aromatic nitrogens is 3. The molecule has 0 saturated carbocycles. The predicted molar refractivity (Wildman–Crippen MR) is 62.6 cm³/mol. The van der Waals surface area contributed by atoms with Crippen LogP contribution in [0.3, 0.4) is 0 Å². The normalized spacial score (nSPS) is 10.8. The number of rotatable bonds is 4. The first-order chi connectivity index (χ1) is 7.04. The maximum atomic E-state index is 5.92. The van der Waals surface area contributed by atoms with Gasteiger partial charge in [-0.05, 0) is 24.4 Å². The summed E-state index contributed by atoms with van der Waals surface area (Å²) in [6.07, 6.45) is 0. The number of hydrogen-bond donors (Lipinski definition) is 0. The standard InChI is InChI=1S/C9H14Cl2N4/c1-4-15(5-6(2)3)8-7(10)13-14-9(11)12-8/h6H,4-5H2,1-3H3. The molecule has 0 atom stereocenters. The van der Waals surface area contributed by atoms with Gasteiger partial charge in [0, 0.05) is 13.1 Å². The molecule has 6 heteroatoms. The zero-order valence-electron chi connectivity index (χ0n) is 9.04. The van der Waals surface area contributed by atoms with E-state index in [0.29, 0.717) is 16.9 Å². The van der Waals surface area contributed by atoms with Crippen molar-refractivity contribution in [3.05, 3.63) is 10.4 Å². The second kappa shape index (κ2) is 5.47. The fraction of sp³-hybridized carbons (Fsp3) is 0.667. The van der Waals surface area contributed by atoms with Gasteiger partial charge >= 0.3 is 0 Å². The minimum Gasteiger partial charge on any atom is -0.354 e. The van der Waals surface area contributed by atoms with Crippen molar-refractivity contribution in [1.29, 1.82) is 0 Å². The molecule has 0 spiro atoms. The first-order valence-corrected chi connectivity index (χ1v) is 5.60. The van der Waals surface area contributed by atoms with Gasteiger partial charge in [-0.1, -0.05) is 25.4 Å². The molecule has 0 aliphatic heterocycles. The van der Waals surface area contributed by atoms with Gasteiger partial charge in [-0.2, -0.15) is 4.98 Å². The van der Waals surface area contributed by atoms with Crippen LogP contribution >= 0.6 is 23.2 Å². The number of hydrogen-bond acceptors (Lipinski definition) is 4. The summed E-state index contributed by atoms with van der Waals surface area (Å²) in [6.45, 7) is 7.98. The molecule has 84 valence electrons. The van der Waals surface area contributed by atoms with Crippen LogP contribution in [-0.4, -0.2) is 28.3 Å². The van der Waals surface area contributed by atoms with E-state index in [-0.39, 0.29) is 5.28 Å². The number of anilines is 1. The summed E-state index contributed by atoms with van der Waals surface area (Å²) < 4.78 is 0. The summed E-state index contributed by atoms with van der Waals surface area (Å²) in [4.78, 5) is 6.12. The minimum atomic E-state index is 0.122. The van der Waals surface area contributed by atoms with Crippen molar-refractivity contribution in [3.63, 3.8) is 0 Å². The van der Waals surface area contributed by atoms with Gasteiger partial charge in [-0.15, -0.1) is 10.2 Å². The van der Waals surface area contributed by atoms with Crippen LogP contribution in [0.15, 0.2) is 0 Å². The lowest BCUT2D eigenvalue weighted by Gasteiger charge is -2.23. The zero-order valence-corrected chi connectivity index (χ0v) is 10.5. The SMILES string of the molecule is CCN(CC(C)C)c1nc(Cl)nnc1Cl. The Morgan fingerprint density at radius 1 is 1.27 bits per heavy atom. The Morgan fingerprint density at radius 2 is 1.93 bits per heavy atom. The fourth-order valence-corrected chi connectivity index (χ4v) is 1.61. The van der Waals surface area contributed by atoms with E-state index in [4.69, 9.17) is 23.2 Å². The molecule has 0 bridgehead atoms. The molecule has 0 amide bonds. The van der Waals surface area contributed by atoms with Crippen LogP contribution in [0.1, 0.15) is 20.8 Å². The molecule has 0 fully saturated rings. The molecule has 0 N–H and O–H groups in total. The third-order valence-electron chi connectivity index (χ3n) is 1.87. The highest BCUT2D eigenvalue weighted by molar-refractivity contribution is 6.32.